The van der Waals surface area contributed by atoms with E-state index in [2.05, 4.69) is 25.3 Å². The number of carbonyl (C=O) groups excluding carboxylic acids is 2. The molecule has 6 rings (SSSR count). The molecule has 4 aromatic rings. The van der Waals surface area contributed by atoms with Crippen LogP contribution in [-0.2, 0) is 9.53 Å². The highest BCUT2D eigenvalue weighted by Crippen LogP contribution is 2.35. The van der Waals surface area contributed by atoms with Gasteiger partial charge in [0, 0.05) is 63.6 Å². The molecule has 186 valence electrons. The van der Waals surface area contributed by atoms with Gasteiger partial charge in [-0.25, -0.2) is 9.97 Å². The highest BCUT2D eigenvalue weighted by Gasteiger charge is 2.33. The average Bonchev–Trinajstić information content (AvgIpc) is 3.56. The molecule has 4 aromatic heterocycles. The lowest BCUT2D eigenvalue weighted by Gasteiger charge is -2.35. The van der Waals surface area contributed by atoms with Crippen LogP contribution < -0.4 is 10.6 Å². The topological polar surface area (TPSA) is 119 Å². The van der Waals surface area contributed by atoms with Gasteiger partial charge in [-0.2, -0.15) is 9.61 Å². The largest absolute Gasteiger partial charge is 0.379 e. The van der Waals surface area contributed by atoms with Crippen LogP contribution in [0.1, 0.15) is 35.7 Å². The normalized spacial score (nSPS) is 21.8. The van der Waals surface area contributed by atoms with Crippen molar-refractivity contribution in [2.45, 2.75) is 37.5 Å². The van der Waals surface area contributed by atoms with Gasteiger partial charge in [0.15, 0.2) is 5.65 Å². The van der Waals surface area contributed by atoms with Crippen molar-refractivity contribution in [3.63, 3.8) is 0 Å². The van der Waals surface area contributed by atoms with Crippen molar-refractivity contribution in [1.29, 1.82) is 0 Å². The second kappa shape index (κ2) is 8.59. The number of hydrogen-bond acceptors (Lipinski definition) is 7. The van der Waals surface area contributed by atoms with E-state index >= 15 is 0 Å². The van der Waals surface area contributed by atoms with Crippen LogP contribution in [0.15, 0.2) is 36.8 Å². The summed E-state index contributed by atoms with van der Waals surface area (Å²) in [5, 5.41) is 11.6. The average molecular weight is 489 g/mol. The number of methoxy groups -OCH3 is 1. The summed E-state index contributed by atoms with van der Waals surface area (Å²) in [6, 6.07) is 5.79. The van der Waals surface area contributed by atoms with E-state index in [0.29, 0.717) is 35.7 Å². The van der Waals surface area contributed by atoms with Crippen molar-refractivity contribution < 1.29 is 14.3 Å². The minimum atomic E-state index is -0.222. The highest BCUT2D eigenvalue weighted by atomic mass is 16.5. The van der Waals surface area contributed by atoms with Crippen LogP contribution >= 0.6 is 0 Å². The standard InChI is InChI=1S/C25H28N8O3/c1-26-21-10-19(29-24-16(11-28-33(21)24)25(35)30-18-6-7-20(18)36-3)17-13-32(14-9-22(34)31(2)12-14)23-15(17)5-4-8-27-23/h4-5,8,10-11,13-14,18,20,26H,6-7,9,12H2,1-3H3,(H,30,35)/t14-,18-,20-/m0/s1. The van der Waals surface area contributed by atoms with E-state index in [0.717, 1.165) is 29.4 Å². The lowest BCUT2D eigenvalue weighted by Crippen LogP contribution is -2.51. The zero-order chi connectivity index (χ0) is 25.0. The number of nitrogens with zero attached hydrogens (tertiary/aromatic N) is 6. The summed E-state index contributed by atoms with van der Waals surface area (Å²) >= 11 is 0. The molecule has 11 nitrogen and oxygen atoms in total. The maximum atomic E-state index is 13.2. The number of rotatable bonds is 6. The van der Waals surface area contributed by atoms with E-state index in [-0.39, 0.29) is 30.0 Å². The van der Waals surface area contributed by atoms with Crippen molar-refractivity contribution in [1.82, 2.24) is 34.4 Å². The van der Waals surface area contributed by atoms with Gasteiger partial charge in [0.1, 0.15) is 17.0 Å². The van der Waals surface area contributed by atoms with Crippen LogP contribution in [-0.4, -0.2) is 80.8 Å². The number of likely N-dealkylation sites (tertiary alicyclic amines) is 1. The van der Waals surface area contributed by atoms with E-state index in [1.54, 1.807) is 28.9 Å². The Kier molecular flexibility index (Phi) is 5.36. The summed E-state index contributed by atoms with van der Waals surface area (Å²) in [6.07, 6.45) is 7.60. The van der Waals surface area contributed by atoms with E-state index < -0.39 is 0 Å². The first-order chi connectivity index (χ1) is 17.5. The molecule has 2 N–H and O–H groups in total. The predicted octanol–water partition coefficient (Wildman–Crippen LogP) is 2.10. The second-order valence-corrected chi connectivity index (χ2v) is 9.46. The van der Waals surface area contributed by atoms with Crippen molar-refractivity contribution in [3.8, 4) is 11.3 Å². The molecule has 0 spiro atoms. The monoisotopic (exact) mass is 488 g/mol. The lowest BCUT2D eigenvalue weighted by atomic mass is 9.89. The fraction of sp³-hybridized carbons (Fsp3) is 0.400. The number of ether oxygens (including phenoxy) is 1. The van der Waals surface area contributed by atoms with Crippen LogP contribution in [0.5, 0.6) is 0 Å². The number of anilines is 1. The predicted molar refractivity (Wildman–Crippen MR) is 134 cm³/mol. The van der Waals surface area contributed by atoms with Gasteiger partial charge in [0.25, 0.3) is 5.91 Å². The van der Waals surface area contributed by atoms with Gasteiger partial charge in [-0.3, -0.25) is 9.59 Å². The third-order valence-electron chi connectivity index (χ3n) is 7.38. The maximum absolute atomic E-state index is 13.2. The van der Waals surface area contributed by atoms with Crippen LogP contribution in [0, 0.1) is 0 Å². The SMILES string of the molecule is CNc1cc(-c2cn([C@H]3CC(=O)N(C)C3)c3ncccc23)nc2c(C(=O)N[C@H]3CC[C@@H]3OC)cnn12. The smallest absolute Gasteiger partial charge is 0.257 e. The molecule has 2 fully saturated rings. The Morgan fingerprint density at radius 2 is 2.11 bits per heavy atom. The molecule has 36 heavy (non-hydrogen) atoms. The Bertz CT molecular complexity index is 1490. The summed E-state index contributed by atoms with van der Waals surface area (Å²) < 4.78 is 9.13. The van der Waals surface area contributed by atoms with Gasteiger partial charge in [0.05, 0.1) is 30.1 Å². The Morgan fingerprint density at radius 1 is 1.25 bits per heavy atom. The molecule has 1 saturated carbocycles. The first-order valence-corrected chi connectivity index (χ1v) is 12.1. The molecule has 0 bridgehead atoms. The van der Waals surface area contributed by atoms with Crippen LogP contribution in [0.4, 0.5) is 5.82 Å². The van der Waals surface area contributed by atoms with Gasteiger partial charge in [-0.15, -0.1) is 0 Å². The number of amides is 2. The number of pyridine rings is 1. The zero-order valence-corrected chi connectivity index (χ0v) is 20.4. The van der Waals surface area contributed by atoms with Gasteiger partial charge in [-0.1, -0.05) is 0 Å². The zero-order valence-electron chi connectivity index (χ0n) is 20.4. The van der Waals surface area contributed by atoms with Crippen molar-refractivity contribution in [2.75, 3.05) is 33.1 Å². The molecule has 1 saturated heterocycles. The third-order valence-corrected chi connectivity index (χ3v) is 7.38. The highest BCUT2D eigenvalue weighted by molar-refractivity contribution is 6.01. The number of likely N-dealkylation sites (N-methyl/N-ethyl adjacent to an activating group) is 1. The van der Waals surface area contributed by atoms with Crippen molar-refractivity contribution in [3.05, 3.63) is 42.4 Å². The summed E-state index contributed by atoms with van der Waals surface area (Å²) in [5.74, 6) is 0.599. The molecule has 5 heterocycles. The summed E-state index contributed by atoms with van der Waals surface area (Å²) in [4.78, 5) is 36.6. The third kappa shape index (κ3) is 3.49. The minimum Gasteiger partial charge on any atom is -0.379 e. The molecule has 1 aliphatic heterocycles. The summed E-state index contributed by atoms with van der Waals surface area (Å²) in [6.45, 7) is 0.628. The number of nitrogens with one attached hydrogen (secondary N) is 2. The number of fused-ring (bicyclic) bond motifs is 2. The molecule has 2 amide bonds. The van der Waals surface area contributed by atoms with Gasteiger partial charge >= 0.3 is 0 Å². The molecule has 1 aliphatic carbocycles. The molecule has 2 aliphatic rings. The van der Waals surface area contributed by atoms with E-state index in [1.165, 1.54) is 0 Å². The molecule has 11 heteroatoms. The van der Waals surface area contributed by atoms with Gasteiger partial charge < -0.3 is 24.8 Å². The number of aromatic nitrogens is 5. The second-order valence-electron chi connectivity index (χ2n) is 9.46. The first kappa shape index (κ1) is 22.5. The van der Waals surface area contributed by atoms with Gasteiger partial charge in [-0.05, 0) is 25.0 Å². The summed E-state index contributed by atoms with van der Waals surface area (Å²) in [7, 11) is 5.29. The van der Waals surface area contributed by atoms with E-state index in [1.807, 2.05) is 38.5 Å². The first-order valence-electron chi connectivity index (χ1n) is 12.1. The Morgan fingerprint density at radius 3 is 2.81 bits per heavy atom. The van der Waals surface area contributed by atoms with E-state index in [4.69, 9.17) is 9.72 Å². The molecular formula is C25H28N8O3. The lowest BCUT2D eigenvalue weighted by molar-refractivity contribution is -0.126. The molecule has 0 aromatic carbocycles. The molecular weight excluding hydrogens is 460 g/mol. The molecule has 0 radical (unpaired) electrons. The Labute approximate surface area is 207 Å². The fourth-order valence-electron chi connectivity index (χ4n) is 5.19. The number of hydrogen-bond donors (Lipinski definition) is 2. The molecule has 3 atom stereocenters. The van der Waals surface area contributed by atoms with Crippen LogP contribution in [0.25, 0.3) is 27.9 Å². The fourth-order valence-corrected chi connectivity index (χ4v) is 5.19. The Hall–Kier alpha value is -3.99. The maximum Gasteiger partial charge on any atom is 0.257 e. The quantitative estimate of drug-likeness (QED) is 0.427. The minimum absolute atomic E-state index is 0.00587. The van der Waals surface area contributed by atoms with Crippen molar-refractivity contribution >= 4 is 34.3 Å². The van der Waals surface area contributed by atoms with Crippen LogP contribution in [0.3, 0.4) is 0 Å². The van der Waals surface area contributed by atoms with Crippen LogP contribution in [0.2, 0.25) is 0 Å². The Balaban J connectivity index is 1.44. The van der Waals surface area contributed by atoms with Crippen molar-refractivity contribution in [2.24, 2.45) is 0 Å². The van der Waals surface area contributed by atoms with E-state index in [9.17, 15) is 9.59 Å². The van der Waals surface area contributed by atoms with Gasteiger partial charge in [0.2, 0.25) is 5.91 Å². The number of carbonyl (C=O) groups is 2. The summed E-state index contributed by atoms with van der Waals surface area (Å²) in [5.41, 5.74) is 3.23. The molecule has 0 unspecified atom stereocenters.